The SMILES string of the molecule is NC1c2cccc(Cl)c2CC1CN[C@H]1C[C@@]2(CN(c3ccc4c(n3)NC(=O)CO4)C(=O)O2)C1. The van der Waals surface area contributed by atoms with E-state index in [1.807, 2.05) is 12.1 Å². The van der Waals surface area contributed by atoms with Crippen LogP contribution in [0.15, 0.2) is 30.3 Å². The number of anilines is 2. The van der Waals surface area contributed by atoms with E-state index < -0.39 is 11.7 Å². The molecule has 33 heavy (non-hydrogen) atoms. The van der Waals surface area contributed by atoms with E-state index in [9.17, 15) is 9.59 Å². The maximum atomic E-state index is 12.6. The van der Waals surface area contributed by atoms with Gasteiger partial charge in [-0.1, -0.05) is 23.7 Å². The van der Waals surface area contributed by atoms with Crippen molar-refractivity contribution in [3.63, 3.8) is 0 Å². The molecular formula is C23H24ClN5O4. The molecule has 1 saturated heterocycles. The Hall–Kier alpha value is -2.88. The van der Waals surface area contributed by atoms with Crippen molar-refractivity contribution in [1.82, 2.24) is 10.3 Å². The average molecular weight is 470 g/mol. The Bertz CT molecular complexity index is 1150. The zero-order chi connectivity index (χ0) is 22.7. The fourth-order valence-electron chi connectivity index (χ4n) is 5.36. The molecule has 3 heterocycles. The van der Waals surface area contributed by atoms with Gasteiger partial charge in [0.15, 0.2) is 18.2 Å². The van der Waals surface area contributed by atoms with Crippen LogP contribution in [-0.2, 0) is 16.0 Å². The lowest BCUT2D eigenvalue weighted by Crippen LogP contribution is -2.56. The Kier molecular flexibility index (Phi) is 4.76. The van der Waals surface area contributed by atoms with Gasteiger partial charge in [-0.15, -0.1) is 0 Å². The number of ether oxygens (including phenoxy) is 2. The van der Waals surface area contributed by atoms with Gasteiger partial charge in [-0.25, -0.2) is 9.78 Å². The molecular weight excluding hydrogens is 446 g/mol. The zero-order valence-electron chi connectivity index (χ0n) is 17.8. The highest BCUT2D eigenvalue weighted by Crippen LogP contribution is 2.44. The number of hydrogen-bond donors (Lipinski definition) is 3. The van der Waals surface area contributed by atoms with Gasteiger partial charge in [0.05, 0.1) is 6.54 Å². The van der Waals surface area contributed by atoms with Crippen LogP contribution in [0.2, 0.25) is 5.02 Å². The smallest absolute Gasteiger partial charge is 0.416 e. The molecule has 10 heteroatoms. The lowest BCUT2D eigenvalue weighted by molar-refractivity contribution is -0.118. The Morgan fingerprint density at radius 1 is 1.27 bits per heavy atom. The Balaban J connectivity index is 1.06. The molecule has 2 fully saturated rings. The molecule has 2 amide bonds. The van der Waals surface area contributed by atoms with Crippen molar-refractivity contribution in [2.24, 2.45) is 11.7 Å². The third-order valence-corrected chi connectivity index (χ3v) is 7.46. The van der Waals surface area contributed by atoms with Crippen molar-refractivity contribution in [3.8, 4) is 5.75 Å². The summed E-state index contributed by atoms with van der Waals surface area (Å²) in [6, 6.07) is 9.56. The first-order valence-electron chi connectivity index (χ1n) is 11.1. The first-order chi connectivity index (χ1) is 15.9. The van der Waals surface area contributed by atoms with Crippen LogP contribution in [0.4, 0.5) is 16.4 Å². The van der Waals surface area contributed by atoms with Gasteiger partial charge >= 0.3 is 6.09 Å². The Morgan fingerprint density at radius 3 is 2.94 bits per heavy atom. The van der Waals surface area contributed by atoms with Gasteiger partial charge in [0.1, 0.15) is 11.4 Å². The maximum Gasteiger partial charge on any atom is 0.416 e. The number of carbonyl (C=O) groups excluding carboxylic acids is 2. The third-order valence-electron chi connectivity index (χ3n) is 7.10. The van der Waals surface area contributed by atoms with E-state index in [4.69, 9.17) is 26.8 Å². The molecule has 2 aromatic rings. The Morgan fingerprint density at radius 2 is 2.12 bits per heavy atom. The first kappa shape index (κ1) is 20.7. The molecule has 1 saturated carbocycles. The highest BCUT2D eigenvalue weighted by molar-refractivity contribution is 6.31. The molecule has 1 aromatic heterocycles. The van der Waals surface area contributed by atoms with Crippen LogP contribution < -0.4 is 26.0 Å². The van der Waals surface area contributed by atoms with E-state index >= 15 is 0 Å². The summed E-state index contributed by atoms with van der Waals surface area (Å²) in [5.41, 5.74) is 8.24. The van der Waals surface area contributed by atoms with E-state index in [0.29, 0.717) is 23.9 Å². The highest BCUT2D eigenvalue weighted by atomic mass is 35.5. The minimum absolute atomic E-state index is 0.0282. The quantitative estimate of drug-likeness (QED) is 0.629. The van der Waals surface area contributed by atoms with E-state index in [1.165, 1.54) is 4.90 Å². The molecule has 172 valence electrons. The van der Waals surface area contributed by atoms with Crippen molar-refractivity contribution in [1.29, 1.82) is 0 Å². The second kappa shape index (κ2) is 7.58. The molecule has 4 aliphatic rings. The number of fused-ring (bicyclic) bond motifs is 2. The van der Waals surface area contributed by atoms with Crippen molar-refractivity contribution in [2.75, 3.05) is 29.9 Å². The van der Waals surface area contributed by atoms with Gasteiger partial charge in [0.2, 0.25) is 0 Å². The number of nitrogens with zero attached hydrogens (tertiary/aromatic N) is 2. The predicted molar refractivity (Wildman–Crippen MR) is 122 cm³/mol. The number of amides is 2. The number of hydrogen-bond acceptors (Lipinski definition) is 7. The van der Waals surface area contributed by atoms with Gasteiger partial charge in [0, 0.05) is 36.5 Å². The van der Waals surface area contributed by atoms with Crippen molar-refractivity contribution in [3.05, 3.63) is 46.5 Å². The summed E-state index contributed by atoms with van der Waals surface area (Å²) in [6.45, 7) is 1.17. The summed E-state index contributed by atoms with van der Waals surface area (Å²) in [7, 11) is 0. The molecule has 1 aromatic carbocycles. The summed E-state index contributed by atoms with van der Waals surface area (Å²) in [5, 5.41) is 7.05. The second-order valence-corrected chi connectivity index (χ2v) is 9.71. The Labute approximate surface area is 195 Å². The average Bonchev–Trinajstić information content (AvgIpc) is 3.29. The van der Waals surface area contributed by atoms with Crippen LogP contribution in [0.3, 0.4) is 0 Å². The first-order valence-corrected chi connectivity index (χ1v) is 11.5. The molecule has 4 N–H and O–H groups in total. The van der Waals surface area contributed by atoms with Crippen LogP contribution in [0.25, 0.3) is 0 Å². The largest absolute Gasteiger partial charge is 0.480 e. The van der Waals surface area contributed by atoms with Crippen LogP contribution in [-0.4, -0.2) is 48.3 Å². The summed E-state index contributed by atoms with van der Waals surface area (Å²) < 4.78 is 11.1. The minimum Gasteiger partial charge on any atom is -0.480 e. The maximum absolute atomic E-state index is 12.6. The van der Waals surface area contributed by atoms with Crippen LogP contribution >= 0.6 is 11.6 Å². The van der Waals surface area contributed by atoms with Crippen LogP contribution in [0.1, 0.15) is 30.0 Å². The molecule has 6 rings (SSSR count). The fourth-order valence-corrected chi connectivity index (χ4v) is 5.62. The van der Waals surface area contributed by atoms with Gasteiger partial charge in [-0.3, -0.25) is 9.69 Å². The van der Waals surface area contributed by atoms with Gasteiger partial charge < -0.3 is 25.8 Å². The molecule has 9 nitrogen and oxygen atoms in total. The molecule has 2 aliphatic carbocycles. The topological polar surface area (TPSA) is 119 Å². The summed E-state index contributed by atoms with van der Waals surface area (Å²) in [5.74, 6) is 1.26. The number of nitrogens with one attached hydrogen (secondary N) is 2. The number of benzene rings is 1. The number of rotatable bonds is 4. The van der Waals surface area contributed by atoms with E-state index in [2.05, 4.69) is 21.7 Å². The zero-order valence-corrected chi connectivity index (χ0v) is 18.6. The van der Waals surface area contributed by atoms with Crippen LogP contribution in [0.5, 0.6) is 5.75 Å². The fraction of sp³-hybridized carbons (Fsp3) is 0.435. The van der Waals surface area contributed by atoms with Crippen molar-refractivity contribution in [2.45, 2.75) is 36.9 Å². The van der Waals surface area contributed by atoms with Crippen molar-refractivity contribution < 1.29 is 19.1 Å². The molecule has 2 aliphatic heterocycles. The number of carbonyl (C=O) groups is 2. The van der Waals surface area contributed by atoms with Crippen molar-refractivity contribution >= 4 is 35.2 Å². The van der Waals surface area contributed by atoms with Gasteiger partial charge in [-0.05, 0) is 41.7 Å². The normalized spacial score (nSPS) is 29.8. The van der Waals surface area contributed by atoms with Gasteiger partial charge in [0.25, 0.3) is 5.91 Å². The monoisotopic (exact) mass is 469 g/mol. The molecule has 0 bridgehead atoms. The summed E-state index contributed by atoms with van der Waals surface area (Å²) >= 11 is 6.35. The second-order valence-electron chi connectivity index (χ2n) is 9.30. The predicted octanol–water partition coefficient (Wildman–Crippen LogP) is 2.39. The number of halogens is 1. The van der Waals surface area contributed by atoms with E-state index in [-0.39, 0.29) is 30.5 Å². The molecule has 1 spiro atoms. The summed E-state index contributed by atoms with van der Waals surface area (Å²) in [4.78, 5) is 30.1. The molecule has 0 radical (unpaired) electrons. The number of nitrogens with two attached hydrogens (primary N) is 1. The van der Waals surface area contributed by atoms with Gasteiger partial charge in [-0.2, -0.15) is 0 Å². The van der Waals surface area contributed by atoms with E-state index in [1.54, 1.807) is 12.1 Å². The molecule has 2 atom stereocenters. The highest BCUT2D eigenvalue weighted by Gasteiger charge is 2.55. The number of aromatic nitrogens is 1. The van der Waals surface area contributed by atoms with E-state index in [0.717, 1.165) is 42.0 Å². The summed E-state index contributed by atoms with van der Waals surface area (Å²) in [6.07, 6.45) is 1.91. The molecule has 2 unspecified atom stereocenters. The lowest BCUT2D eigenvalue weighted by Gasteiger charge is -2.43. The minimum atomic E-state index is -0.518. The standard InChI is InChI=1S/C23H24ClN5O4/c24-16-3-1-2-14-15(16)6-12(20(14)25)9-26-13-7-23(8-13)11-29(22(31)33-23)18-5-4-17-21(27-18)28-19(30)10-32-17/h1-5,12-13,20,26H,6-11,25H2,(H,27,28,30)/t12?,13-,20?,23-. The lowest BCUT2D eigenvalue weighted by atomic mass is 9.75. The van der Waals surface area contributed by atoms with Crippen LogP contribution in [0, 0.1) is 5.92 Å². The number of pyridine rings is 1. The third kappa shape index (κ3) is 3.51.